The van der Waals surface area contributed by atoms with Crippen LogP contribution in [-0.4, -0.2) is 49.4 Å². The van der Waals surface area contributed by atoms with Gasteiger partial charge in [-0.2, -0.15) is 0 Å². The number of nitrogens with zero attached hydrogens (tertiary/aromatic N) is 1. The topological polar surface area (TPSA) is 131 Å². The molecule has 0 bridgehead atoms. The summed E-state index contributed by atoms with van der Waals surface area (Å²) in [7, 11) is 0. The number of hydrogen-bond donors (Lipinski definition) is 2. The first kappa shape index (κ1) is 24.4. The lowest BCUT2D eigenvalue weighted by Crippen LogP contribution is -2.43. The van der Waals surface area contributed by atoms with Crippen LogP contribution in [0.3, 0.4) is 0 Å². The number of amides is 3. The third-order valence-corrected chi connectivity index (χ3v) is 5.01. The highest BCUT2D eigenvalue weighted by Crippen LogP contribution is 2.26. The van der Waals surface area contributed by atoms with Crippen LogP contribution < -0.4 is 15.8 Å². The van der Waals surface area contributed by atoms with E-state index < -0.39 is 36.3 Å². The lowest BCUT2D eigenvalue weighted by Gasteiger charge is -2.17. The summed E-state index contributed by atoms with van der Waals surface area (Å²) in [5, 5.41) is 0. The summed E-state index contributed by atoms with van der Waals surface area (Å²) < 4.78 is 10.1. The molecule has 1 heterocycles. The quantitative estimate of drug-likeness (QED) is 0.445. The van der Waals surface area contributed by atoms with Gasteiger partial charge in [-0.1, -0.05) is 25.1 Å². The van der Waals surface area contributed by atoms with Crippen molar-refractivity contribution >= 4 is 35.3 Å². The van der Waals surface area contributed by atoms with Crippen molar-refractivity contribution in [1.82, 2.24) is 10.9 Å². The molecule has 0 spiro atoms. The van der Waals surface area contributed by atoms with Gasteiger partial charge in [0.25, 0.3) is 11.8 Å². The van der Waals surface area contributed by atoms with E-state index in [1.165, 1.54) is 4.90 Å². The average molecular weight is 467 g/mol. The highest BCUT2D eigenvalue weighted by Gasteiger charge is 2.36. The van der Waals surface area contributed by atoms with E-state index in [4.69, 9.17) is 9.47 Å². The van der Waals surface area contributed by atoms with E-state index >= 15 is 0 Å². The van der Waals surface area contributed by atoms with E-state index in [1.807, 2.05) is 6.92 Å². The van der Waals surface area contributed by atoms with Gasteiger partial charge in [0.05, 0.1) is 18.1 Å². The van der Waals surface area contributed by atoms with Crippen molar-refractivity contribution in [3.63, 3.8) is 0 Å². The van der Waals surface area contributed by atoms with Crippen LogP contribution in [0.5, 0.6) is 0 Å². The maximum Gasteiger partial charge on any atom is 0.338 e. The first-order chi connectivity index (χ1) is 16.4. The molecule has 0 unspecified atom stereocenters. The van der Waals surface area contributed by atoms with Crippen LogP contribution in [0.4, 0.5) is 5.69 Å². The van der Waals surface area contributed by atoms with Gasteiger partial charge in [-0.15, -0.1) is 0 Å². The summed E-state index contributed by atoms with van der Waals surface area (Å²) in [5.41, 5.74) is 5.65. The number of benzene rings is 2. The maximum atomic E-state index is 12.4. The van der Waals surface area contributed by atoms with Crippen LogP contribution in [0.1, 0.15) is 40.5 Å². The Morgan fingerprint density at radius 2 is 1.65 bits per heavy atom. The van der Waals surface area contributed by atoms with Crippen molar-refractivity contribution < 1.29 is 33.4 Å². The number of rotatable bonds is 8. The summed E-state index contributed by atoms with van der Waals surface area (Å²) in [6.45, 7) is 1.70. The molecule has 3 rings (SSSR count). The predicted octanol–water partition coefficient (Wildman–Crippen LogP) is 1.61. The molecule has 1 atom stereocenters. The molecule has 1 aliphatic rings. The van der Waals surface area contributed by atoms with E-state index in [0.717, 1.165) is 0 Å². The molecule has 3 amide bonds. The van der Waals surface area contributed by atoms with Crippen LogP contribution in [0.15, 0.2) is 54.6 Å². The molecule has 1 saturated heterocycles. The number of ether oxygens (including phenoxy) is 2. The van der Waals surface area contributed by atoms with E-state index in [-0.39, 0.29) is 18.9 Å². The Labute approximate surface area is 196 Å². The molecule has 178 valence electrons. The summed E-state index contributed by atoms with van der Waals surface area (Å²) >= 11 is 0. The summed E-state index contributed by atoms with van der Waals surface area (Å²) in [5.74, 6) is -3.39. The fourth-order valence-electron chi connectivity index (χ4n) is 3.25. The van der Waals surface area contributed by atoms with Crippen molar-refractivity contribution in [3.8, 4) is 0 Å². The van der Waals surface area contributed by atoms with E-state index in [2.05, 4.69) is 10.9 Å². The SMILES string of the molecule is CCCOC(=O)c1ccc(N2C[C@H](C(=O)OCC(=O)NNC(=O)c3ccccc3)CC2=O)cc1. The second kappa shape index (κ2) is 11.6. The van der Waals surface area contributed by atoms with Gasteiger partial charge in [0, 0.05) is 24.2 Å². The Bertz CT molecular complexity index is 1050. The molecule has 34 heavy (non-hydrogen) atoms. The standard InChI is InChI=1S/C24H25N3O7/c1-2-12-33-23(31)17-8-10-19(11-9-17)27-14-18(13-21(27)29)24(32)34-15-20(28)25-26-22(30)16-6-4-3-5-7-16/h3-11,18H,2,12-15H2,1H3,(H,25,28)(H,26,30)/t18-/m1/s1. The van der Waals surface area contributed by atoms with Crippen LogP contribution >= 0.6 is 0 Å². The molecule has 1 fully saturated rings. The Morgan fingerprint density at radius 1 is 0.941 bits per heavy atom. The molecular weight excluding hydrogens is 442 g/mol. The van der Waals surface area contributed by atoms with Crippen molar-refractivity contribution in [2.45, 2.75) is 19.8 Å². The van der Waals surface area contributed by atoms with Crippen LogP contribution in [-0.2, 0) is 23.9 Å². The molecule has 0 saturated carbocycles. The molecule has 10 heteroatoms. The van der Waals surface area contributed by atoms with Crippen LogP contribution in [0, 0.1) is 5.92 Å². The zero-order chi connectivity index (χ0) is 24.5. The Kier molecular flexibility index (Phi) is 8.33. The molecular formula is C24H25N3O7. The van der Waals surface area contributed by atoms with E-state index in [9.17, 15) is 24.0 Å². The monoisotopic (exact) mass is 467 g/mol. The molecule has 2 aromatic rings. The van der Waals surface area contributed by atoms with Gasteiger partial charge >= 0.3 is 11.9 Å². The minimum Gasteiger partial charge on any atom is -0.462 e. The summed E-state index contributed by atoms with van der Waals surface area (Å²) in [6, 6.07) is 14.6. The zero-order valence-electron chi connectivity index (χ0n) is 18.6. The number of hydrazine groups is 1. The number of carbonyl (C=O) groups is 5. The van der Waals surface area contributed by atoms with Crippen molar-refractivity contribution in [2.75, 3.05) is 24.7 Å². The average Bonchev–Trinajstić information content (AvgIpc) is 3.26. The van der Waals surface area contributed by atoms with Gasteiger partial charge in [0.1, 0.15) is 0 Å². The first-order valence-electron chi connectivity index (χ1n) is 10.8. The molecule has 0 aromatic heterocycles. The second-order valence-electron chi connectivity index (χ2n) is 7.56. The summed E-state index contributed by atoms with van der Waals surface area (Å²) in [4.78, 5) is 61.9. The number of anilines is 1. The molecule has 0 radical (unpaired) electrons. The fraction of sp³-hybridized carbons (Fsp3) is 0.292. The molecule has 2 N–H and O–H groups in total. The van der Waals surface area contributed by atoms with Crippen LogP contribution in [0.2, 0.25) is 0 Å². The highest BCUT2D eigenvalue weighted by atomic mass is 16.5. The Balaban J connectivity index is 1.46. The number of hydrogen-bond acceptors (Lipinski definition) is 7. The van der Waals surface area contributed by atoms with Crippen molar-refractivity contribution in [3.05, 3.63) is 65.7 Å². The molecule has 0 aliphatic carbocycles. The Morgan fingerprint density at radius 3 is 2.32 bits per heavy atom. The molecule has 1 aliphatic heterocycles. The Hall–Kier alpha value is -4.21. The normalized spacial score (nSPS) is 14.9. The number of carbonyl (C=O) groups excluding carboxylic acids is 5. The molecule has 2 aromatic carbocycles. The number of esters is 2. The third-order valence-electron chi connectivity index (χ3n) is 5.01. The van der Waals surface area contributed by atoms with Gasteiger partial charge in [0.15, 0.2) is 6.61 Å². The first-order valence-corrected chi connectivity index (χ1v) is 10.8. The lowest BCUT2D eigenvalue weighted by molar-refractivity contribution is -0.152. The fourth-order valence-corrected chi connectivity index (χ4v) is 3.25. The maximum absolute atomic E-state index is 12.4. The highest BCUT2D eigenvalue weighted by molar-refractivity contribution is 6.00. The van der Waals surface area contributed by atoms with Gasteiger partial charge in [-0.05, 0) is 42.8 Å². The third kappa shape index (κ3) is 6.41. The van der Waals surface area contributed by atoms with E-state index in [1.54, 1.807) is 54.6 Å². The van der Waals surface area contributed by atoms with Gasteiger partial charge < -0.3 is 14.4 Å². The predicted molar refractivity (Wildman–Crippen MR) is 120 cm³/mol. The minimum atomic E-state index is -0.742. The minimum absolute atomic E-state index is 0.0640. The van der Waals surface area contributed by atoms with E-state index in [0.29, 0.717) is 29.8 Å². The van der Waals surface area contributed by atoms with Gasteiger partial charge in [0.2, 0.25) is 5.91 Å². The van der Waals surface area contributed by atoms with Crippen molar-refractivity contribution in [2.24, 2.45) is 5.92 Å². The van der Waals surface area contributed by atoms with Crippen molar-refractivity contribution in [1.29, 1.82) is 0 Å². The zero-order valence-corrected chi connectivity index (χ0v) is 18.6. The second-order valence-corrected chi connectivity index (χ2v) is 7.56. The van der Waals surface area contributed by atoms with Gasteiger partial charge in [-0.3, -0.25) is 30.0 Å². The smallest absolute Gasteiger partial charge is 0.338 e. The number of nitrogens with one attached hydrogen (secondary N) is 2. The summed E-state index contributed by atoms with van der Waals surface area (Å²) in [6.07, 6.45) is 0.652. The molecule has 10 nitrogen and oxygen atoms in total. The van der Waals surface area contributed by atoms with Crippen LogP contribution in [0.25, 0.3) is 0 Å². The lowest BCUT2D eigenvalue weighted by atomic mass is 10.1. The largest absolute Gasteiger partial charge is 0.462 e. The van der Waals surface area contributed by atoms with Gasteiger partial charge in [-0.25, -0.2) is 4.79 Å².